The molecule has 1 atom stereocenters. The van der Waals surface area contributed by atoms with Crippen LogP contribution in [-0.2, 0) is 10.3 Å². The number of carbonyl (C=O) groups excluding carboxylic acids is 1. The molecule has 3 rings (SSSR count). The normalized spacial score (nSPS) is 23.2. The van der Waals surface area contributed by atoms with Crippen molar-refractivity contribution in [2.24, 2.45) is 5.92 Å². The molecule has 22 heavy (non-hydrogen) atoms. The van der Waals surface area contributed by atoms with Gasteiger partial charge in [0.1, 0.15) is 0 Å². The van der Waals surface area contributed by atoms with E-state index in [1.807, 2.05) is 0 Å². The van der Waals surface area contributed by atoms with Crippen LogP contribution in [0.25, 0.3) is 0 Å². The average Bonchev–Trinajstić information content (AvgIpc) is 3.19. The second kappa shape index (κ2) is 5.97. The predicted octanol–water partition coefficient (Wildman–Crippen LogP) is 1.19. The van der Waals surface area contributed by atoms with Gasteiger partial charge in [0.15, 0.2) is 0 Å². The van der Waals surface area contributed by atoms with Gasteiger partial charge in [-0.1, -0.05) is 17.5 Å². The van der Waals surface area contributed by atoms with E-state index in [2.05, 4.69) is 21.9 Å². The molecule has 0 spiro atoms. The van der Waals surface area contributed by atoms with Crippen LogP contribution in [0.2, 0.25) is 5.02 Å². The average molecular weight is 340 g/mol. The maximum Gasteiger partial charge on any atom is 1.00 e. The van der Waals surface area contributed by atoms with E-state index in [-0.39, 0.29) is 53.2 Å². The van der Waals surface area contributed by atoms with Crippen molar-refractivity contribution in [1.82, 2.24) is 0 Å². The van der Waals surface area contributed by atoms with Crippen molar-refractivity contribution in [3.05, 3.63) is 28.8 Å². The SMILES string of the molecule is O=C1Nc2ccc(Cl)cc2[C@@](C#CC2CC2)(C(F)(F)F)O1.[H-].[Na+]. The summed E-state index contributed by atoms with van der Waals surface area (Å²) in [6.45, 7) is 0. The van der Waals surface area contributed by atoms with E-state index in [9.17, 15) is 18.0 Å². The summed E-state index contributed by atoms with van der Waals surface area (Å²) >= 11 is 5.78. The van der Waals surface area contributed by atoms with Crippen LogP contribution >= 0.6 is 11.6 Å². The number of cyclic esters (lactones) is 1. The van der Waals surface area contributed by atoms with E-state index in [4.69, 9.17) is 11.6 Å². The summed E-state index contributed by atoms with van der Waals surface area (Å²) < 4.78 is 45.4. The Balaban J connectivity index is 0.00000132. The molecular formula is C14H10ClF3NNaO2. The molecule has 1 aromatic carbocycles. The van der Waals surface area contributed by atoms with Crippen LogP contribution in [0.1, 0.15) is 19.8 Å². The molecule has 1 aromatic rings. The van der Waals surface area contributed by atoms with Crippen LogP contribution in [0.15, 0.2) is 18.2 Å². The quantitative estimate of drug-likeness (QED) is 0.569. The molecule has 8 heteroatoms. The Labute approximate surface area is 153 Å². The number of ether oxygens (including phenoxy) is 1. The molecule has 3 nitrogen and oxygen atoms in total. The van der Waals surface area contributed by atoms with Crippen molar-refractivity contribution in [1.29, 1.82) is 0 Å². The van der Waals surface area contributed by atoms with Gasteiger partial charge in [-0.15, -0.1) is 0 Å². The third-order valence-corrected chi connectivity index (χ3v) is 3.51. The number of hydrogen-bond donors (Lipinski definition) is 1. The number of fused-ring (bicyclic) bond motifs is 1. The molecule has 0 aromatic heterocycles. The number of carbonyl (C=O) groups is 1. The van der Waals surface area contributed by atoms with E-state index < -0.39 is 17.9 Å². The summed E-state index contributed by atoms with van der Waals surface area (Å²) in [5, 5.41) is 2.34. The number of halogens is 4. The Morgan fingerprint density at radius 2 is 2.09 bits per heavy atom. The molecule has 1 aliphatic heterocycles. The zero-order chi connectivity index (χ0) is 15.3. The fourth-order valence-electron chi connectivity index (χ4n) is 2.05. The van der Waals surface area contributed by atoms with Gasteiger partial charge in [0.2, 0.25) is 0 Å². The van der Waals surface area contributed by atoms with Crippen molar-refractivity contribution in [2.75, 3.05) is 5.32 Å². The number of amides is 1. The third kappa shape index (κ3) is 3.09. The first-order chi connectivity index (χ1) is 9.82. The summed E-state index contributed by atoms with van der Waals surface area (Å²) in [5.41, 5.74) is -3.27. The molecule has 2 aliphatic rings. The summed E-state index contributed by atoms with van der Waals surface area (Å²) in [7, 11) is 0. The van der Waals surface area contributed by atoms with E-state index in [1.54, 1.807) is 0 Å². The van der Waals surface area contributed by atoms with Crippen molar-refractivity contribution < 1.29 is 53.7 Å². The van der Waals surface area contributed by atoms with Crippen molar-refractivity contribution in [3.8, 4) is 11.8 Å². The predicted molar refractivity (Wildman–Crippen MR) is 70.9 cm³/mol. The van der Waals surface area contributed by atoms with Gasteiger partial charge in [-0.3, -0.25) is 5.32 Å². The standard InChI is InChI=1S/C14H9ClF3NO2.Na.H/c15-9-3-4-11-10(7-9)13(14(16,17)18,21-12(20)19-11)6-5-8-1-2-8;;/h3-4,7-8H,1-2H2,(H,19,20);;/q;+1;-1/t13-;;/m0../s1. The fourth-order valence-corrected chi connectivity index (χ4v) is 2.22. The smallest absolute Gasteiger partial charge is 1.00 e. The van der Waals surface area contributed by atoms with E-state index in [1.165, 1.54) is 12.1 Å². The van der Waals surface area contributed by atoms with Gasteiger partial charge >= 0.3 is 41.8 Å². The minimum Gasteiger partial charge on any atom is -1.00 e. The Hall–Kier alpha value is -0.870. The Kier molecular flexibility index (Phi) is 4.74. The molecule has 1 amide bonds. The number of anilines is 1. The Morgan fingerprint density at radius 1 is 1.41 bits per heavy atom. The summed E-state index contributed by atoms with van der Waals surface area (Å²) in [6.07, 6.45) is -4.54. The van der Waals surface area contributed by atoms with Crippen molar-refractivity contribution in [3.63, 3.8) is 0 Å². The fraction of sp³-hybridized carbons (Fsp3) is 0.357. The van der Waals surface area contributed by atoms with Gasteiger partial charge in [0, 0.05) is 16.5 Å². The molecule has 1 N–H and O–H groups in total. The van der Waals surface area contributed by atoms with Gasteiger partial charge in [0.05, 0.1) is 5.69 Å². The molecule has 1 aliphatic carbocycles. The van der Waals surface area contributed by atoms with Crippen LogP contribution in [0, 0.1) is 17.8 Å². The molecule has 0 saturated heterocycles. The minimum absolute atomic E-state index is 0. The molecule has 112 valence electrons. The first kappa shape index (κ1) is 17.5. The number of hydrogen-bond acceptors (Lipinski definition) is 2. The summed E-state index contributed by atoms with van der Waals surface area (Å²) in [4.78, 5) is 11.5. The first-order valence-corrected chi connectivity index (χ1v) is 6.59. The third-order valence-electron chi connectivity index (χ3n) is 3.27. The molecular weight excluding hydrogens is 330 g/mol. The van der Waals surface area contributed by atoms with E-state index >= 15 is 0 Å². The zero-order valence-electron chi connectivity index (χ0n) is 12.6. The molecule has 1 saturated carbocycles. The number of benzene rings is 1. The van der Waals surface area contributed by atoms with Crippen LogP contribution in [-0.4, -0.2) is 12.3 Å². The molecule has 0 unspecified atom stereocenters. The van der Waals surface area contributed by atoms with Gasteiger partial charge in [0.25, 0.3) is 5.60 Å². The minimum atomic E-state index is -4.87. The van der Waals surface area contributed by atoms with Crippen molar-refractivity contribution >= 4 is 23.4 Å². The van der Waals surface area contributed by atoms with Gasteiger partial charge in [-0.05, 0) is 37.0 Å². The monoisotopic (exact) mass is 339 g/mol. The number of rotatable bonds is 0. The topological polar surface area (TPSA) is 38.3 Å². The maximum absolute atomic E-state index is 13.6. The Bertz CT molecular complexity index is 685. The Morgan fingerprint density at radius 3 is 2.68 bits per heavy atom. The second-order valence-electron chi connectivity index (χ2n) is 4.93. The second-order valence-corrected chi connectivity index (χ2v) is 5.36. The van der Waals surface area contributed by atoms with Crippen LogP contribution in [0.5, 0.6) is 0 Å². The number of alkyl halides is 3. The summed E-state index contributed by atoms with van der Waals surface area (Å²) in [6, 6.07) is 3.81. The van der Waals surface area contributed by atoms with Gasteiger partial charge < -0.3 is 6.16 Å². The van der Waals surface area contributed by atoms with Gasteiger partial charge in [-0.25, -0.2) is 4.79 Å². The van der Waals surface area contributed by atoms with Gasteiger partial charge in [-0.2, -0.15) is 13.2 Å². The largest absolute Gasteiger partial charge is 1.00 e. The molecule has 1 heterocycles. The number of nitrogens with one attached hydrogen (secondary N) is 1. The zero-order valence-corrected chi connectivity index (χ0v) is 14.3. The first-order valence-electron chi connectivity index (χ1n) is 6.21. The molecule has 0 radical (unpaired) electrons. The van der Waals surface area contributed by atoms with Crippen LogP contribution in [0.3, 0.4) is 0 Å². The molecule has 0 bridgehead atoms. The summed E-state index contributed by atoms with van der Waals surface area (Å²) in [5.74, 6) is 4.60. The molecule has 1 fully saturated rings. The maximum atomic E-state index is 13.6. The van der Waals surface area contributed by atoms with E-state index in [0.29, 0.717) is 0 Å². The van der Waals surface area contributed by atoms with E-state index in [0.717, 1.165) is 18.9 Å². The van der Waals surface area contributed by atoms with Crippen LogP contribution in [0.4, 0.5) is 23.7 Å². The van der Waals surface area contributed by atoms with Crippen molar-refractivity contribution in [2.45, 2.75) is 24.6 Å². The van der Waals surface area contributed by atoms with Crippen LogP contribution < -0.4 is 34.9 Å².